The van der Waals surface area contributed by atoms with Crippen LogP contribution in [0.4, 0.5) is 0 Å². The van der Waals surface area contributed by atoms with Crippen LogP contribution in [0.1, 0.15) is 56.4 Å². The van der Waals surface area contributed by atoms with Gasteiger partial charge in [-0.25, -0.2) is 0 Å². The first-order valence-electron chi connectivity index (χ1n) is 7.40. The lowest BCUT2D eigenvalue weighted by molar-refractivity contribution is -0.241. The minimum Gasteiger partial charge on any atom is -0.364 e. The molecule has 2 atom stereocenters. The van der Waals surface area contributed by atoms with Crippen molar-refractivity contribution in [2.45, 2.75) is 57.7 Å². The number of hydrogen-bond acceptors (Lipinski definition) is 3. The van der Waals surface area contributed by atoms with Gasteiger partial charge in [0.15, 0.2) is 12.6 Å². The maximum atomic E-state index is 10.1. The first-order valence-corrected chi connectivity index (χ1v) is 7.40. The van der Waals surface area contributed by atoms with E-state index in [9.17, 15) is 5.11 Å². The molecule has 0 radical (unpaired) electrons. The molecule has 0 heterocycles. The highest BCUT2D eigenvalue weighted by atomic mass is 16.7. The van der Waals surface area contributed by atoms with Gasteiger partial charge in [0.2, 0.25) is 0 Å². The van der Waals surface area contributed by atoms with E-state index >= 15 is 0 Å². The minimum absolute atomic E-state index is 0.272. The highest BCUT2D eigenvalue weighted by Crippen LogP contribution is 2.24. The molecule has 3 nitrogen and oxygen atoms in total. The SMILES string of the molecule is C=Cc1ccc(C(O)OC(C)OC2CCCCC2)cc1. The summed E-state index contributed by atoms with van der Waals surface area (Å²) >= 11 is 0. The molecule has 1 saturated carbocycles. The molecule has 110 valence electrons. The van der Waals surface area contributed by atoms with E-state index in [2.05, 4.69) is 6.58 Å². The largest absolute Gasteiger partial charge is 0.364 e. The van der Waals surface area contributed by atoms with E-state index in [-0.39, 0.29) is 6.10 Å². The number of hydrogen-bond donors (Lipinski definition) is 1. The number of aliphatic hydroxyl groups is 1. The van der Waals surface area contributed by atoms with E-state index in [4.69, 9.17) is 9.47 Å². The lowest BCUT2D eigenvalue weighted by atomic mass is 9.98. The van der Waals surface area contributed by atoms with Crippen LogP contribution in [0.2, 0.25) is 0 Å². The topological polar surface area (TPSA) is 38.7 Å². The molecule has 3 heteroatoms. The van der Waals surface area contributed by atoms with Gasteiger partial charge in [-0.05, 0) is 25.3 Å². The predicted octanol–water partition coefficient (Wildman–Crippen LogP) is 4.03. The van der Waals surface area contributed by atoms with Gasteiger partial charge in [0.05, 0.1) is 6.10 Å². The Morgan fingerprint density at radius 1 is 1.20 bits per heavy atom. The van der Waals surface area contributed by atoms with Crippen molar-refractivity contribution in [3.8, 4) is 0 Å². The molecule has 0 amide bonds. The maximum Gasteiger partial charge on any atom is 0.184 e. The summed E-state index contributed by atoms with van der Waals surface area (Å²) in [5.74, 6) is 0. The first-order chi connectivity index (χ1) is 9.69. The van der Waals surface area contributed by atoms with Crippen molar-refractivity contribution in [2.24, 2.45) is 0 Å². The van der Waals surface area contributed by atoms with Crippen LogP contribution in [0, 0.1) is 0 Å². The van der Waals surface area contributed by atoms with Crippen molar-refractivity contribution in [2.75, 3.05) is 0 Å². The van der Waals surface area contributed by atoms with Gasteiger partial charge < -0.3 is 14.6 Å². The Morgan fingerprint density at radius 2 is 1.85 bits per heavy atom. The van der Waals surface area contributed by atoms with Crippen molar-refractivity contribution < 1.29 is 14.6 Å². The van der Waals surface area contributed by atoms with E-state index in [0.29, 0.717) is 0 Å². The molecule has 1 aliphatic carbocycles. The molecule has 1 aromatic carbocycles. The van der Waals surface area contributed by atoms with E-state index in [1.165, 1.54) is 19.3 Å². The zero-order chi connectivity index (χ0) is 14.4. The first kappa shape index (κ1) is 15.2. The fourth-order valence-electron chi connectivity index (χ4n) is 2.56. The van der Waals surface area contributed by atoms with Crippen LogP contribution in [0.15, 0.2) is 30.8 Å². The van der Waals surface area contributed by atoms with Crippen LogP contribution >= 0.6 is 0 Å². The molecule has 0 saturated heterocycles. The van der Waals surface area contributed by atoms with Crippen LogP contribution in [0.3, 0.4) is 0 Å². The molecule has 0 bridgehead atoms. The maximum absolute atomic E-state index is 10.1. The second kappa shape index (κ2) is 7.58. The molecule has 0 aromatic heterocycles. The molecular formula is C17H24O3. The van der Waals surface area contributed by atoms with Crippen molar-refractivity contribution >= 4 is 6.08 Å². The third-order valence-corrected chi connectivity index (χ3v) is 3.71. The number of aliphatic hydroxyl groups excluding tert-OH is 1. The quantitative estimate of drug-likeness (QED) is 0.797. The molecule has 20 heavy (non-hydrogen) atoms. The Morgan fingerprint density at radius 3 is 2.45 bits per heavy atom. The normalized spacial score (nSPS) is 19.5. The Balaban J connectivity index is 1.82. The fraction of sp³-hybridized carbons (Fsp3) is 0.529. The Bertz CT molecular complexity index is 407. The number of rotatable bonds is 6. The summed E-state index contributed by atoms with van der Waals surface area (Å²) in [6.45, 7) is 5.55. The van der Waals surface area contributed by atoms with E-state index in [1.54, 1.807) is 6.08 Å². The van der Waals surface area contributed by atoms with Gasteiger partial charge in [-0.15, -0.1) is 0 Å². The van der Waals surface area contributed by atoms with Crippen LogP contribution in [-0.4, -0.2) is 17.5 Å². The minimum atomic E-state index is -0.951. The summed E-state index contributed by atoms with van der Waals surface area (Å²) in [5, 5.41) is 10.1. The van der Waals surface area contributed by atoms with Crippen molar-refractivity contribution in [3.05, 3.63) is 42.0 Å². The summed E-state index contributed by atoms with van der Waals surface area (Å²) in [6, 6.07) is 7.49. The summed E-state index contributed by atoms with van der Waals surface area (Å²) < 4.78 is 11.4. The summed E-state index contributed by atoms with van der Waals surface area (Å²) in [5.41, 5.74) is 1.75. The molecule has 1 aromatic rings. The predicted molar refractivity (Wildman–Crippen MR) is 80.0 cm³/mol. The lowest BCUT2D eigenvalue weighted by Crippen LogP contribution is -2.25. The highest BCUT2D eigenvalue weighted by Gasteiger charge is 2.19. The zero-order valence-electron chi connectivity index (χ0n) is 12.1. The zero-order valence-corrected chi connectivity index (χ0v) is 12.1. The molecule has 2 rings (SSSR count). The fourth-order valence-corrected chi connectivity index (χ4v) is 2.56. The average Bonchev–Trinajstić information content (AvgIpc) is 2.48. The second-order valence-corrected chi connectivity index (χ2v) is 5.32. The highest BCUT2D eigenvalue weighted by molar-refractivity contribution is 5.47. The summed E-state index contributed by atoms with van der Waals surface area (Å²) in [6.07, 6.45) is 6.63. The molecule has 0 spiro atoms. The van der Waals surface area contributed by atoms with Crippen LogP contribution in [0.5, 0.6) is 0 Å². The third kappa shape index (κ3) is 4.44. The van der Waals surface area contributed by atoms with E-state index in [1.807, 2.05) is 31.2 Å². The van der Waals surface area contributed by atoms with Crippen LogP contribution < -0.4 is 0 Å². The Labute approximate surface area is 121 Å². The van der Waals surface area contributed by atoms with E-state index < -0.39 is 12.6 Å². The monoisotopic (exact) mass is 276 g/mol. The molecule has 1 fully saturated rings. The smallest absolute Gasteiger partial charge is 0.184 e. The van der Waals surface area contributed by atoms with Gasteiger partial charge in [0.25, 0.3) is 0 Å². The van der Waals surface area contributed by atoms with Crippen molar-refractivity contribution in [1.82, 2.24) is 0 Å². The van der Waals surface area contributed by atoms with Gasteiger partial charge in [-0.2, -0.15) is 0 Å². The van der Waals surface area contributed by atoms with Gasteiger partial charge >= 0.3 is 0 Å². The van der Waals surface area contributed by atoms with Gasteiger partial charge in [-0.3, -0.25) is 0 Å². The van der Waals surface area contributed by atoms with Crippen LogP contribution in [-0.2, 0) is 9.47 Å². The number of benzene rings is 1. The lowest BCUT2D eigenvalue weighted by Gasteiger charge is -2.27. The molecule has 1 N–H and O–H groups in total. The molecule has 0 aliphatic heterocycles. The summed E-state index contributed by atoms with van der Waals surface area (Å²) in [4.78, 5) is 0. The standard InChI is InChI=1S/C17H24O3/c1-3-14-9-11-15(12-10-14)17(18)20-13(2)19-16-7-5-4-6-8-16/h3,9-13,16-18H,1,4-8H2,2H3. The van der Waals surface area contributed by atoms with Gasteiger partial charge in [0, 0.05) is 5.56 Å². The van der Waals surface area contributed by atoms with E-state index in [0.717, 1.165) is 24.0 Å². The van der Waals surface area contributed by atoms with Crippen molar-refractivity contribution in [1.29, 1.82) is 0 Å². The second-order valence-electron chi connectivity index (χ2n) is 5.32. The van der Waals surface area contributed by atoms with Gasteiger partial charge in [-0.1, -0.05) is 56.2 Å². The molecule has 1 aliphatic rings. The van der Waals surface area contributed by atoms with Gasteiger partial charge in [0.1, 0.15) is 0 Å². The Hall–Kier alpha value is -1.16. The van der Waals surface area contributed by atoms with Crippen LogP contribution in [0.25, 0.3) is 6.08 Å². The molecular weight excluding hydrogens is 252 g/mol. The van der Waals surface area contributed by atoms with Crippen molar-refractivity contribution in [3.63, 3.8) is 0 Å². The molecule has 2 unspecified atom stereocenters. The average molecular weight is 276 g/mol. The summed E-state index contributed by atoms with van der Waals surface area (Å²) in [7, 11) is 0. The third-order valence-electron chi connectivity index (χ3n) is 3.71. The number of ether oxygens (including phenoxy) is 2. The Kier molecular flexibility index (Phi) is 5.77.